The maximum Gasteiger partial charge on any atom is 0.0635 e. The Kier molecular flexibility index (Phi) is 3.95. The highest BCUT2D eigenvalue weighted by atomic mass is 28.4. The molecule has 0 saturated carbocycles. The summed E-state index contributed by atoms with van der Waals surface area (Å²) in [6.07, 6.45) is 0.998. The summed E-state index contributed by atoms with van der Waals surface area (Å²) >= 11 is 0. The maximum atomic E-state index is 6.61. The van der Waals surface area contributed by atoms with E-state index < -0.39 is 16.1 Å². The predicted molar refractivity (Wildman–Crippen MR) is 67.3 cm³/mol. The van der Waals surface area contributed by atoms with Gasteiger partial charge in [-0.15, -0.1) is 0 Å². The largest absolute Gasteiger partial charge is 0.330 e. The highest BCUT2D eigenvalue weighted by molar-refractivity contribution is 6.98. The Balaban J connectivity index is 4.96. The van der Waals surface area contributed by atoms with Crippen molar-refractivity contribution in [2.24, 2.45) is 11.5 Å². The van der Waals surface area contributed by atoms with Gasteiger partial charge in [0.25, 0.3) is 0 Å². The Morgan fingerprint density at radius 3 is 1.31 bits per heavy atom. The fourth-order valence-corrected chi connectivity index (χ4v) is 12.9. The first kappa shape index (κ1) is 13.4. The van der Waals surface area contributed by atoms with Crippen LogP contribution in [-0.2, 0) is 0 Å². The zero-order valence-corrected chi connectivity index (χ0v) is 12.1. The van der Waals surface area contributed by atoms with Gasteiger partial charge < -0.3 is 11.5 Å². The fraction of sp³-hybridized carbons (Fsp3) is 1.00. The Bertz CT molecular complexity index is 153. The van der Waals surface area contributed by atoms with E-state index in [4.69, 9.17) is 11.5 Å². The summed E-state index contributed by atoms with van der Waals surface area (Å²) in [6.45, 7) is 14.9. The standard InChI is InChI=1S/C9H26N2Si2/c1-12(2,3)9(11,7-8-10)13(4,5)6/h7-8,10-11H2,1-6H3. The molecule has 0 rings (SSSR count). The van der Waals surface area contributed by atoms with Gasteiger partial charge >= 0.3 is 0 Å². The summed E-state index contributed by atoms with van der Waals surface area (Å²) in [5, 5.41) is 0. The summed E-state index contributed by atoms with van der Waals surface area (Å²) in [7, 11) is -2.62. The summed E-state index contributed by atoms with van der Waals surface area (Å²) in [6, 6.07) is 0. The van der Waals surface area contributed by atoms with E-state index in [1.165, 1.54) is 0 Å². The first-order valence-electron chi connectivity index (χ1n) is 5.05. The van der Waals surface area contributed by atoms with Crippen molar-refractivity contribution in [2.45, 2.75) is 50.5 Å². The molecule has 0 fully saturated rings. The molecule has 0 amide bonds. The third kappa shape index (κ3) is 2.65. The predicted octanol–water partition coefficient (Wildman–Crippen LogP) is 1.79. The number of hydrogen-bond acceptors (Lipinski definition) is 2. The van der Waals surface area contributed by atoms with E-state index in [0.29, 0.717) is 0 Å². The highest BCUT2D eigenvalue weighted by Crippen LogP contribution is 2.31. The second-order valence-corrected chi connectivity index (χ2v) is 17.3. The molecule has 0 aromatic carbocycles. The minimum absolute atomic E-state index is 0.0781. The van der Waals surface area contributed by atoms with E-state index in [9.17, 15) is 0 Å². The van der Waals surface area contributed by atoms with Gasteiger partial charge in [0.05, 0.1) is 16.1 Å². The van der Waals surface area contributed by atoms with Crippen LogP contribution >= 0.6 is 0 Å². The van der Waals surface area contributed by atoms with Gasteiger partial charge in [-0.25, -0.2) is 0 Å². The molecule has 4 N–H and O–H groups in total. The molecule has 0 aromatic heterocycles. The summed E-state index contributed by atoms with van der Waals surface area (Å²) in [5.74, 6) is 0. The molecule has 13 heavy (non-hydrogen) atoms. The molecule has 0 radical (unpaired) electrons. The lowest BCUT2D eigenvalue weighted by molar-refractivity contribution is 0.673. The molecule has 4 heteroatoms. The van der Waals surface area contributed by atoms with Crippen molar-refractivity contribution >= 4 is 16.1 Å². The monoisotopic (exact) mass is 218 g/mol. The molecule has 0 spiro atoms. The van der Waals surface area contributed by atoms with Gasteiger partial charge in [0, 0.05) is 4.79 Å². The molecule has 80 valence electrons. The molecule has 2 nitrogen and oxygen atoms in total. The third-order valence-corrected chi connectivity index (χ3v) is 13.6. The van der Waals surface area contributed by atoms with Crippen LogP contribution in [-0.4, -0.2) is 27.5 Å². The molecular formula is C9H26N2Si2. The van der Waals surface area contributed by atoms with Crippen LogP contribution in [0.3, 0.4) is 0 Å². The van der Waals surface area contributed by atoms with Crippen molar-refractivity contribution in [3.63, 3.8) is 0 Å². The van der Waals surface area contributed by atoms with Gasteiger partial charge in [-0.05, 0) is 13.0 Å². The normalized spacial score (nSPS) is 14.8. The van der Waals surface area contributed by atoms with E-state index in [1.807, 2.05) is 0 Å². The minimum atomic E-state index is -1.31. The Morgan fingerprint density at radius 2 is 1.23 bits per heavy atom. The van der Waals surface area contributed by atoms with E-state index in [1.54, 1.807) is 0 Å². The Labute approximate surface area is 85.1 Å². The van der Waals surface area contributed by atoms with Crippen LogP contribution in [0.2, 0.25) is 39.3 Å². The fourth-order valence-electron chi connectivity index (χ4n) is 2.10. The molecule has 0 heterocycles. The average molecular weight is 218 g/mol. The van der Waals surface area contributed by atoms with Crippen molar-refractivity contribution in [3.05, 3.63) is 0 Å². The Morgan fingerprint density at radius 1 is 0.923 bits per heavy atom. The second kappa shape index (κ2) is 3.84. The van der Waals surface area contributed by atoms with Gasteiger partial charge in [0.15, 0.2) is 0 Å². The molecule has 0 bridgehead atoms. The van der Waals surface area contributed by atoms with Gasteiger partial charge in [0.2, 0.25) is 0 Å². The summed E-state index contributed by atoms with van der Waals surface area (Å²) in [4.78, 5) is 0.0781. The summed E-state index contributed by atoms with van der Waals surface area (Å²) < 4.78 is 0. The molecule has 0 aliphatic heterocycles. The number of nitrogens with two attached hydrogens (primary N) is 2. The molecule has 0 atom stereocenters. The van der Waals surface area contributed by atoms with Crippen molar-refractivity contribution in [1.82, 2.24) is 0 Å². The lowest BCUT2D eigenvalue weighted by Crippen LogP contribution is -2.72. The first-order chi connectivity index (χ1) is 5.56. The molecule has 0 aromatic rings. The van der Waals surface area contributed by atoms with E-state index in [-0.39, 0.29) is 4.79 Å². The molecule has 0 saturated heterocycles. The van der Waals surface area contributed by atoms with Crippen LogP contribution in [0.15, 0.2) is 0 Å². The first-order valence-corrected chi connectivity index (χ1v) is 12.1. The number of rotatable bonds is 4. The van der Waals surface area contributed by atoms with Crippen molar-refractivity contribution < 1.29 is 0 Å². The zero-order chi connectivity index (χ0) is 10.9. The molecular weight excluding hydrogens is 192 g/mol. The second-order valence-electron chi connectivity index (χ2n) is 6.01. The minimum Gasteiger partial charge on any atom is -0.330 e. The maximum absolute atomic E-state index is 6.61. The number of hydrogen-bond donors (Lipinski definition) is 2. The van der Waals surface area contributed by atoms with Crippen LogP contribution in [0, 0.1) is 0 Å². The smallest absolute Gasteiger partial charge is 0.0635 e. The third-order valence-electron chi connectivity index (χ3n) is 3.22. The van der Waals surface area contributed by atoms with Gasteiger partial charge in [0.1, 0.15) is 0 Å². The molecule has 0 aliphatic rings. The van der Waals surface area contributed by atoms with Crippen molar-refractivity contribution in [2.75, 3.05) is 6.54 Å². The van der Waals surface area contributed by atoms with E-state index in [2.05, 4.69) is 39.3 Å². The van der Waals surface area contributed by atoms with Crippen LogP contribution < -0.4 is 11.5 Å². The van der Waals surface area contributed by atoms with Gasteiger partial charge in [-0.2, -0.15) is 0 Å². The van der Waals surface area contributed by atoms with Gasteiger partial charge in [-0.3, -0.25) is 0 Å². The summed E-state index contributed by atoms with van der Waals surface area (Å²) in [5.41, 5.74) is 12.3. The zero-order valence-electron chi connectivity index (χ0n) is 10.1. The van der Waals surface area contributed by atoms with Crippen LogP contribution in [0.4, 0.5) is 0 Å². The molecule has 0 unspecified atom stereocenters. The Hall–Kier alpha value is 0.354. The van der Waals surface area contributed by atoms with E-state index in [0.717, 1.165) is 13.0 Å². The topological polar surface area (TPSA) is 52.0 Å². The van der Waals surface area contributed by atoms with Gasteiger partial charge in [-0.1, -0.05) is 39.3 Å². The van der Waals surface area contributed by atoms with Crippen LogP contribution in [0.5, 0.6) is 0 Å². The van der Waals surface area contributed by atoms with E-state index >= 15 is 0 Å². The van der Waals surface area contributed by atoms with Crippen molar-refractivity contribution in [3.8, 4) is 0 Å². The SMILES string of the molecule is C[Si](C)(C)C(N)(CCN)[Si](C)(C)C. The molecule has 0 aliphatic carbocycles. The van der Waals surface area contributed by atoms with Crippen LogP contribution in [0.25, 0.3) is 0 Å². The quantitative estimate of drug-likeness (QED) is 0.707. The lowest BCUT2D eigenvalue weighted by Gasteiger charge is -2.49. The lowest BCUT2D eigenvalue weighted by atomic mass is 10.4. The van der Waals surface area contributed by atoms with Crippen molar-refractivity contribution in [1.29, 1.82) is 0 Å². The van der Waals surface area contributed by atoms with Crippen LogP contribution in [0.1, 0.15) is 6.42 Å². The average Bonchev–Trinajstić information content (AvgIpc) is 1.82. The highest BCUT2D eigenvalue weighted by Gasteiger charge is 2.48.